The van der Waals surface area contributed by atoms with Crippen LogP contribution in [0.25, 0.3) is 0 Å². The van der Waals surface area contributed by atoms with Crippen LogP contribution in [-0.4, -0.2) is 28.3 Å². The van der Waals surface area contributed by atoms with E-state index in [0.717, 1.165) is 6.42 Å². The second kappa shape index (κ2) is 6.78. The molecule has 0 spiro atoms. The fourth-order valence-electron chi connectivity index (χ4n) is 1.74. The van der Waals surface area contributed by atoms with Gasteiger partial charge in [-0.3, -0.25) is 9.48 Å². The number of anilines is 1. The molecule has 2 N–H and O–H groups in total. The molecule has 1 rings (SSSR count). The first-order valence-electron chi connectivity index (χ1n) is 6.46. The first kappa shape index (κ1) is 15.0. The Bertz CT molecular complexity index is 486. The number of rotatable bonds is 6. The van der Waals surface area contributed by atoms with Gasteiger partial charge in [0.2, 0.25) is 5.91 Å². The molecule has 1 unspecified atom stereocenters. The largest absolute Gasteiger partial charge is 0.369 e. The summed E-state index contributed by atoms with van der Waals surface area (Å²) in [4.78, 5) is 11.6. The molecule has 0 bridgehead atoms. The van der Waals surface area contributed by atoms with E-state index < -0.39 is 0 Å². The minimum Gasteiger partial charge on any atom is -0.369 e. The van der Waals surface area contributed by atoms with Crippen molar-refractivity contribution in [1.82, 2.24) is 15.1 Å². The molecule has 1 aromatic rings. The molecule has 6 nitrogen and oxygen atoms in total. The molecular formula is C13H21N5O. The number of aromatic nitrogens is 2. The zero-order valence-corrected chi connectivity index (χ0v) is 11.9. The minimum absolute atomic E-state index is 0.0132. The van der Waals surface area contributed by atoms with Gasteiger partial charge >= 0.3 is 0 Å². The van der Waals surface area contributed by atoms with Gasteiger partial charge in [0.15, 0.2) is 0 Å². The van der Waals surface area contributed by atoms with Gasteiger partial charge in [0.25, 0.3) is 0 Å². The van der Waals surface area contributed by atoms with Crippen molar-refractivity contribution >= 4 is 11.7 Å². The Morgan fingerprint density at radius 1 is 1.58 bits per heavy atom. The summed E-state index contributed by atoms with van der Waals surface area (Å²) in [5.41, 5.74) is 1.22. The Labute approximate surface area is 113 Å². The molecular weight excluding hydrogens is 242 g/mol. The number of aryl methyl sites for hydroxylation is 2. The Morgan fingerprint density at radius 3 is 2.84 bits per heavy atom. The number of hydrogen-bond donors (Lipinski definition) is 2. The SMILES string of the molecule is CCC(C)NC(=O)CCNc1c(C#N)c(C)nn1C. The van der Waals surface area contributed by atoms with Crippen LogP contribution in [-0.2, 0) is 11.8 Å². The lowest BCUT2D eigenvalue weighted by molar-refractivity contribution is -0.121. The molecule has 1 aromatic heterocycles. The number of hydrogen-bond acceptors (Lipinski definition) is 4. The van der Waals surface area contributed by atoms with Gasteiger partial charge in [-0.2, -0.15) is 10.4 Å². The van der Waals surface area contributed by atoms with E-state index in [-0.39, 0.29) is 11.9 Å². The fraction of sp³-hybridized carbons (Fsp3) is 0.615. The first-order chi connectivity index (χ1) is 8.99. The highest BCUT2D eigenvalue weighted by Gasteiger charge is 2.12. The van der Waals surface area contributed by atoms with Gasteiger partial charge in [0, 0.05) is 26.1 Å². The van der Waals surface area contributed by atoms with Crippen molar-refractivity contribution in [3.05, 3.63) is 11.3 Å². The number of nitriles is 1. The molecule has 0 radical (unpaired) electrons. The summed E-state index contributed by atoms with van der Waals surface area (Å²) in [6.07, 6.45) is 1.29. The van der Waals surface area contributed by atoms with E-state index in [1.807, 2.05) is 13.8 Å². The Kier molecular flexibility index (Phi) is 5.37. The second-order valence-corrected chi connectivity index (χ2v) is 4.60. The molecule has 0 saturated carbocycles. The van der Waals surface area contributed by atoms with Crippen molar-refractivity contribution in [2.75, 3.05) is 11.9 Å². The lowest BCUT2D eigenvalue weighted by Crippen LogP contribution is -2.33. The van der Waals surface area contributed by atoms with Crippen LogP contribution < -0.4 is 10.6 Å². The van der Waals surface area contributed by atoms with E-state index >= 15 is 0 Å². The Morgan fingerprint density at radius 2 is 2.26 bits per heavy atom. The number of carbonyl (C=O) groups is 1. The zero-order valence-electron chi connectivity index (χ0n) is 11.9. The van der Waals surface area contributed by atoms with Crippen LogP contribution in [0.4, 0.5) is 5.82 Å². The molecule has 0 aliphatic rings. The van der Waals surface area contributed by atoms with Crippen LogP contribution in [0.3, 0.4) is 0 Å². The number of nitrogens with one attached hydrogen (secondary N) is 2. The molecule has 0 saturated heterocycles. The maximum atomic E-state index is 11.6. The fourth-order valence-corrected chi connectivity index (χ4v) is 1.74. The molecule has 0 fully saturated rings. The lowest BCUT2D eigenvalue weighted by Gasteiger charge is -2.12. The van der Waals surface area contributed by atoms with Gasteiger partial charge in [-0.1, -0.05) is 6.92 Å². The van der Waals surface area contributed by atoms with Gasteiger partial charge in [-0.25, -0.2) is 0 Å². The zero-order chi connectivity index (χ0) is 14.4. The Hall–Kier alpha value is -2.03. The topological polar surface area (TPSA) is 82.7 Å². The van der Waals surface area contributed by atoms with Crippen LogP contribution in [0.1, 0.15) is 37.9 Å². The van der Waals surface area contributed by atoms with Crippen molar-refractivity contribution in [1.29, 1.82) is 5.26 Å². The van der Waals surface area contributed by atoms with Crippen LogP contribution in [0.15, 0.2) is 0 Å². The van der Waals surface area contributed by atoms with E-state index in [1.165, 1.54) is 0 Å². The summed E-state index contributed by atoms with van der Waals surface area (Å²) in [6.45, 7) is 6.28. The van der Waals surface area contributed by atoms with Crippen molar-refractivity contribution in [3.8, 4) is 6.07 Å². The first-order valence-corrected chi connectivity index (χ1v) is 6.46. The summed E-state index contributed by atoms with van der Waals surface area (Å²) in [5.74, 6) is 0.676. The van der Waals surface area contributed by atoms with Gasteiger partial charge in [-0.05, 0) is 20.3 Å². The number of carbonyl (C=O) groups excluding carboxylic acids is 1. The highest BCUT2D eigenvalue weighted by molar-refractivity contribution is 5.76. The predicted molar refractivity (Wildman–Crippen MR) is 73.7 cm³/mol. The van der Waals surface area contributed by atoms with Crippen molar-refractivity contribution < 1.29 is 4.79 Å². The minimum atomic E-state index is 0.0132. The van der Waals surface area contributed by atoms with Crippen LogP contribution in [0.2, 0.25) is 0 Å². The standard InChI is InChI=1S/C13H21N5O/c1-5-9(2)16-12(19)6-7-15-13-11(8-14)10(3)17-18(13)4/h9,15H,5-7H2,1-4H3,(H,16,19). The van der Waals surface area contributed by atoms with E-state index in [4.69, 9.17) is 5.26 Å². The monoisotopic (exact) mass is 263 g/mol. The van der Waals surface area contributed by atoms with Gasteiger partial charge in [0.05, 0.1) is 5.69 Å². The summed E-state index contributed by atoms with van der Waals surface area (Å²) in [6, 6.07) is 2.31. The highest BCUT2D eigenvalue weighted by atomic mass is 16.1. The average molecular weight is 263 g/mol. The maximum Gasteiger partial charge on any atom is 0.221 e. The molecule has 0 aliphatic heterocycles. The van der Waals surface area contributed by atoms with Gasteiger partial charge < -0.3 is 10.6 Å². The molecule has 104 valence electrons. The number of amides is 1. The van der Waals surface area contributed by atoms with E-state index in [0.29, 0.717) is 30.0 Å². The molecule has 1 amide bonds. The van der Waals surface area contributed by atoms with Crippen molar-refractivity contribution in [2.24, 2.45) is 7.05 Å². The third-order valence-corrected chi connectivity index (χ3v) is 3.00. The normalized spacial score (nSPS) is 11.7. The van der Waals surface area contributed by atoms with Crippen LogP contribution in [0, 0.1) is 18.3 Å². The molecule has 0 aliphatic carbocycles. The third kappa shape index (κ3) is 3.98. The van der Waals surface area contributed by atoms with Gasteiger partial charge in [0.1, 0.15) is 17.5 Å². The van der Waals surface area contributed by atoms with Crippen LogP contribution >= 0.6 is 0 Å². The van der Waals surface area contributed by atoms with Crippen molar-refractivity contribution in [2.45, 2.75) is 39.7 Å². The van der Waals surface area contributed by atoms with E-state index in [2.05, 4.69) is 21.8 Å². The van der Waals surface area contributed by atoms with E-state index in [9.17, 15) is 4.79 Å². The molecule has 6 heteroatoms. The molecule has 1 atom stereocenters. The summed E-state index contributed by atoms with van der Waals surface area (Å²) in [5, 5.41) is 19.2. The van der Waals surface area contributed by atoms with Crippen LogP contribution in [0.5, 0.6) is 0 Å². The highest BCUT2D eigenvalue weighted by Crippen LogP contribution is 2.16. The molecule has 19 heavy (non-hydrogen) atoms. The summed E-state index contributed by atoms with van der Waals surface area (Å²) >= 11 is 0. The molecule has 0 aromatic carbocycles. The summed E-state index contributed by atoms with van der Waals surface area (Å²) < 4.78 is 1.63. The van der Waals surface area contributed by atoms with Gasteiger partial charge in [-0.15, -0.1) is 0 Å². The second-order valence-electron chi connectivity index (χ2n) is 4.60. The predicted octanol–water partition coefficient (Wildman–Crippen LogP) is 1.32. The lowest BCUT2D eigenvalue weighted by atomic mass is 10.2. The maximum absolute atomic E-state index is 11.6. The number of nitrogens with zero attached hydrogens (tertiary/aromatic N) is 3. The van der Waals surface area contributed by atoms with Crippen molar-refractivity contribution in [3.63, 3.8) is 0 Å². The summed E-state index contributed by atoms with van der Waals surface area (Å²) in [7, 11) is 1.77. The third-order valence-electron chi connectivity index (χ3n) is 3.00. The Balaban J connectivity index is 2.50. The van der Waals surface area contributed by atoms with E-state index in [1.54, 1.807) is 18.7 Å². The molecule has 1 heterocycles. The smallest absolute Gasteiger partial charge is 0.221 e. The quantitative estimate of drug-likeness (QED) is 0.810. The average Bonchev–Trinajstić information content (AvgIpc) is 2.63.